The highest BCUT2D eigenvalue weighted by Crippen LogP contribution is 2.31. The Hall–Kier alpha value is -1.10. The molecule has 1 aromatic rings. The molecule has 0 amide bonds. The average Bonchev–Trinajstić information content (AvgIpc) is 2.97. The number of nitrogens with zero attached hydrogens (tertiary/aromatic N) is 1. The molecule has 0 saturated carbocycles. The second kappa shape index (κ2) is 6.77. The lowest BCUT2D eigenvalue weighted by Gasteiger charge is -2.16. The van der Waals surface area contributed by atoms with Gasteiger partial charge in [-0.3, -0.25) is 4.99 Å². The van der Waals surface area contributed by atoms with Crippen LogP contribution in [0.4, 0.5) is 0 Å². The Labute approximate surface area is 134 Å². The van der Waals surface area contributed by atoms with E-state index >= 15 is 0 Å². The quantitative estimate of drug-likeness (QED) is 0.826. The molecule has 0 bridgehead atoms. The molecule has 2 aliphatic rings. The predicted molar refractivity (Wildman–Crippen MR) is 88.9 cm³/mol. The number of hydrogen-bond donors (Lipinski definition) is 2. The number of aliphatic hydroxyl groups is 1. The number of aliphatic hydroxyl groups excluding tert-OH is 1. The van der Waals surface area contributed by atoms with Gasteiger partial charge < -0.3 is 10.4 Å². The van der Waals surface area contributed by atoms with Gasteiger partial charge in [0.1, 0.15) is 17.9 Å². The van der Waals surface area contributed by atoms with Gasteiger partial charge in [-0.1, -0.05) is 23.3 Å². The van der Waals surface area contributed by atoms with Crippen LogP contribution in [0.2, 0.25) is 0 Å². The summed E-state index contributed by atoms with van der Waals surface area (Å²) < 4.78 is 0. The van der Waals surface area contributed by atoms with Gasteiger partial charge in [-0.15, -0.1) is 11.3 Å². The highest BCUT2D eigenvalue weighted by molar-refractivity contribution is 7.10. The SMILES string of the molecule is OC(C1=CNCN=C1Cl)c1cc(CC2=CCCCC2)cs1. The Balaban J connectivity index is 1.71. The molecule has 0 spiro atoms. The van der Waals surface area contributed by atoms with Gasteiger partial charge in [0.05, 0.1) is 0 Å². The van der Waals surface area contributed by atoms with E-state index in [4.69, 9.17) is 11.6 Å². The standard InChI is InChI=1S/C16H19ClN2OS/c17-16-13(8-18-10-19-16)15(20)14-7-12(9-21-14)6-11-4-2-1-3-5-11/h4,7-9,15,18,20H,1-3,5-6,10H2. The molecule has 0 fully saturated rings. The lowest BCUT2D eigenvalue weighted by molar-refractivity contribution is 0.225. The Morgan fingerprint density at radius 2 is 2.33 bits per heavy atom. The number of allylic oxidation sites excluding steroid dienone is 2. The Kier molecular flexibility index (Phi) is 4.78. The van der Waals surface area contributed by atoms with E-state index in [0.717, 1.165) is 11.3 Å². The maximum atomic E-state index is 10.5. The fraction of sp³-hybridized carbons (Fsp3) is 0.438. The number of nitrogens with one attached hydrogen (secondary N) is 1. The van der Waals surface area contributed by atoms with Crippen LogP contribution in [0, 0.1) is 0 Å². The maximum absolute atomic E-state index is 10.5. The molecule has 1 aromatic heterocycles. The van der Waals surface area contributed by atoms with Crippen LogP contribution in [0.3, 0.4) is 0 Å². The predicted octanol–water partition coefficient (Wildman–Crippen LogP) is 3.91. The molecule has 21 heavy (non-hydrogen) atoms. The minimum Gasteiger partial charge on any atom is -0.383 e. The summed E-state index contributed by atoms with van der Waals surface area (Å²) in [6, 6.07) is 2.09. The largest absolute Gasteiger partial charge is 0.383 e. The number of rotatable bonds is 4. The van der Waals surface area contributed by atoms with Crippen molar-refractivity contribution in [3.8, 4) is 0 Å². The number of hydrogen-bond acceptors (Lipinski definition) is 4. The van der Waals surface area contributed by atoms with E-state index in [1.807, 2.05) is 0 Å². The molecule has 1 aliphatic heterocycles. The van der Waals surface area contributed by atoms with Gasteiger partial charge in [0.25, 0.3) is 0 Å². The van der Waals surface area contributed by atoms with E-state index in [0.29, 0.717) is 17.4 Å². The molecule has 0 aromatic carbocycles. The first-order chi connectivity index (χ1) is 10.2. The zero-order valence-electron chi connectivity index (χ0n) is 11.8. The van der Waals surface area contributed by atoms with Gasteiger partial charge in [-0.2, -0.15) is 0 Å². The van der Waals surface area contributed by atoms with Crippen molar-refractivity contribution in [1.82, 2.24) is 5.32 Å². The lowest BCUT2D eigenvalue weighted by atomic mass is 9.95. The summed E-state index contributed by atoms with van der Waals surface area (Å²) in [6.45, 7) is 0.471. The molecule has 1 unspecified atom stereocenters. The minimum absolute atomic E-state index is 0.395. The molecule has 0 radical (unpaired) electrons. The van der Waals surface area contributed by atoms with Crippen LogP contribution in [0.25, 0.3) is 0 Å². The van der Waals surface area contributed by atoms with Crippen molar-refractivity contribution in [2.45, 2.75) is 38.2 Å². The zero-order valence-corrected chi connectivity index (χ0v) is 13.4. The third-order valence-corrected chi connectivity index (χ3v) is 5.23. The van der Waals surface area contributed by atoms with Gasteiger partial charge in [0.2, 0.25) is 0 Å². The molecule has 2 heterocycles. The second-order valence-electron chi connectivity index (χ2n) is 5.46. The van der Waals surface area contributed by atoms with Crippen LogP contribution in [-0.4, -0.2) is 16.9 Å². The summed E-state index contributed by atoms with van der Waals surface area (Å²) >= 11 is 7.65. The van der Waals surface area contributed by atoms with Crippen molar-refractivity contribution in [3.05, 3.63) is 45.3 Å². The van der Waals surface area contributed by atoms with Crippen LogP contribution in [0.15, 0.2) is 39.9 Å². The first-order valence-corrected chi connectivity index (χ1v) is 8.57. The van der Waals surface area contributed by atoms with E-state index in [-0.39, 0.29) is 0 Å². The summed E-state index contributed by atoms with van der Waals surface area (Å²) in [4.78, 5) is 5.02. The molecule has 3 rings (SSSR count). The molecule has 0 saturated heterocycles. The number of halogens is 1. The van der Waals surface area contributed by atoms with Crippen LogP contribution >= 0.6 is 22.9 Å². The van der Waals surface area contributed by atoms with Crippen molar-refractivity contribution in [3.63, 3.8) is 0 Å². The second-order valence-corrected chi connectivity index (χ2v) is 6.76. The highest BCUT2D eigenvalue weighted by Gasteiger charge is 2.21. The van der Waals surface area contributed by atoms with Crippen LogP contribution < -0.4 is 5.32 Å². The van der Waals surface area contributed by atoms with E-state index in [9.17, 15) is 5.11 Å². The van der Waals surface area contributed by atoms with Gasteiger partial charge in [-0.05, 0) is 49.1 Å². The van der Waals surface area contributed by atoms with Crippen LogP contribution in [-0.2, 0) is 6.42 Å². The van der Waals surface area contributed by atoms with Gasteiger partial charge in [0, 0.05) is 16.7 Å². The van der Waals surface area contributed by atoms with Gasteiger partial charge in [-0.25, -0.2) is 0 Å². The molecule has 1 atom stereocenters. The monoisotopic (exact) mass is 322 g/mol. The first-order valence-electron chi connectivity index (χ1n) is 7.31. The molecular weight excluding hydrogens is 304 g/mol. The van der Waals surface area contributed by atoms with E-state index in [2.05, 4.69) is 27.8 Å². The topological polar surface area (TPSA) is 44.6 Å². The summed E-state index contributed by atoms with van der Waals surface area (Å²) in [5, 5.41) is 16.0. The fourth-order valence-electron chi connectivity index (χ4n) is 2.72. The van der Waals surface area contributed by atoms with Crippen LogP contribution in [0.1, 0.15) is 42.2 Å². The van der Waals surface area contributed by atoms with Gasteiger partial charge >= 0.3 is 0 Å². The van der Waals surface area contributed by atoms with Crippen molar-refractivity contribution in [2.24, 2.45) is 4.99 Å². The van der Waals surface area contributed by atoms with Crippen molar-refractivity contribution in [1.29, 1.82) is 0 Å². The Bertz CT molecular complexity index is 603. The van der Waals surface area contributed by atoms with Crippen molar-refractivity contribution in [2.75, 3.05) is 6.67 Å². The molecule has 3 nitrogen and oxygen atoms in total. The summed E-state index contributed by atoms with van der Waals surface area (Å²) in [5.41, 5.74) is 3.45. The smallest absolute Gasteiger partial charge is 0.133 e. The molecule has 1 aliphatic carbocycles. The Morgan fingerprint density at radius 3 is 3.10 bits per heavy atom. The molecule has 5 heteroatoms. The molecule has 2 N–H and O–H groups in total. The summed E-state index contributed by atoms with van der Waals surface area (Å²) in [6.07, 6.45) is 9.46. The fourth-order valence-corrected chi connectivity index (χ4v) is 3.86. The van der Waals surface area contributed by atoms with E-state index in [1.165, 1.54) is 36.8 Å². The van der Waals surface area contributed by atoms with Crippen molar-refractivity contribution >= 4 is 28.1 Å². The minimum atomic E-state index is -0.701. The normalized spacial score (nSPS) is 20.2. The van der Waals surface area contributed by atoms with Crippen molar-refractivity contribution < 1.29 is 5.11 Å². The average molecular weight is 323 g/mol. The Morgan fingerprint density at radius 1 is 1.43 bits per heavy atom. The van der Waals surface area contributed by atoms with Crippen LogP contribution in [0.5, 0.6) is 0 Å². The first kappa shape index (κ1) is 14.8. The van der Waals surface area contributed by atoms with E-state index in [1.54, 1.807) is 17.5 Å². The maximum Gasteiger partial charge on any atom is 0.133 e. The lowest BCUT2D eigenvalue weighted by Crippen LogP contribution is -2.19. The highest BCUT2D eigenvalue weighted by atomic mass is 35.5. The zero-order chi connectivity index (χ0) is 14.7. The molecule has 112 valence electrons. The third-order valence-electron chi connectivity index (χ3n) is 3.86. The van der Waals surface area contributed by atoms with E-state index < -0.39 is 6.10 Å². The van der Waals surface area contributed by atoms with Gasteiger partial charge in [0.15, 0.2) is 0 Å². The third kappa shape index (κ3) is 3.57. The number of thiophene rings is 1. The summed E-state index contributed by atoms with van der Waals surface area (Å²) in [7, 11) is 0. The molecular formula is C16H19ClN2OS. The number of aliphatic imine (C=N–C) groups is 1. The summed E-state index contributed by atoms with van der Waals surface area (Å²) in [5.74, 6) is 0.